The van der Waals surface area contributed by atoms with Gasteiger partial charge in [-0.3, -0.25) is 4.90 Å². The monoisotopic (exact) mass is 400 g/mol. The van der Waals surface area contributed by atoms with E-state index in [2.05, 4.69) is 9.47 Å². The minimum Gasteiger partial charge on any atom is -0.508 e. The molecule has 1 atom stereocenters. The highest BCUT2D eigenvalue weighted by atomic mass is 19.4. The molecule has 1 N–H and O–H groups in total. The van der Waals surface area contributed by atoms with E-state index in [0.29, 0.717) is 6.54 Å². The van der Waals surface area contributed by atoms with Gasteiger partial charge in [0, 0.05) is 37.1 Å². The summed E-state index contributed by atoms with van der Waals surface area (Å²) in [6, 6.07) is 14.8. The number of alkyl halides is 3. The van der Waals surface area contributed by atoms with Gasteiger partial charge in [0.1, 0.15) is 5.75 Å². The number of aromatic hydroxyl groups is 1. The van der Waals surface area contributed by atoms with Crippen molar-refractivity contribution in [1.82, 2.24) is 9.47 Å². The number of rotatable bonds is 3. The lowest BCUT2D eigenvalue weighted by atomic mass is 9.99. The van der Waals surface area contributed by atoms with Crippen molar-refractivity contribution < 1.29 is 18.3 Å². The third kappa shape index (κ3) is 4.03. The van der Waals surface area contributed by atoms with Gasteiger partial charge in [-0.25, -0.2) is 0 Å². The molecule has 3 aromatic rings. The molecule has 2 heterocycles. The highest BCUT2D eigenvalue weighted by Crippen LogP contribution is 2.36. The zero-order chi connectivity index (χ0) is 20.6. The molecule has 1 aromatic heterocycles. The summed E-state index contributed by atoms with van der Waals surface area (Å²) in [6.45, 7) is 4.13. The number of nitrogens with zero attached hydrogens (tertiary/aromatic N) is 2. The maximum Gasteiger partial charge on any atom is 0.416 e. The van der Waals surface area contributed by atoms with Crippen molar-refractivity contribution in [2.75, 3.05) is 6.54 Å². The Labute approximate surface area is 168 Å². The van der Waals surface area contributed by atoms with Crippen molar-refractivity contribution >= 4 is 0 Å². The van der Waals surface area contributed by atoms with Crippen molar-refractivity contribution in [2.24, 2.45) is 0 Å². The van der Waals surface area contributed by atoms with Crippen molar-refractivity contribution in [3.63, 3.8) is 0 Å². The van der Waals surface area contributed by atoms with Crippen LogP contribution >= 0.6 is 0 Å². The van der Waals surface area contributed by atoms with Gasteiger partial charge < -0.3 is 9.67 Å². The maximum absolute atomic E-state index is 13.0. The van der Waals surface area contributed by atoms with Crippen LogP contribution in [0.2, 0.25) is 0 Å². The number of benzene rings is 2. The molecule has 0 bridgehead atoms. The Morgan fingerprint density at radius 1 is 1.03 bits per heavy atom. The first kappa shape index (κ1) is 19.6. The summed E-state index contributed by atoms with van der Waals surface area (Å²) in [4.78, 5) is 2.23. The van der Waals surface area contributed by atoms with Crippen LogP contribution in [-0.4, -0.2) is 21.1 Å². The fourth-order valence-electron chi connectivity index (χ4n) is 4.11. The van der Waals surface area contributed by atoms with Crippen LogP contribution < -0.4 is 0 Å². The topological polar surface area (TPSA) is 28.4 Å². The lowest BCUT2D eigenvalue weighted by Gasteiger charge is -2.31. The molecule has 0 unspecified atom stereocenters. The predicted octanol–water partition coefficient (Wildman–Crippen LogP) is 5.52. The van der Waals surface area contributed by atoms with E-state index in [9.17, 15) is 18.3 Å². The molecular formula is C23H23F3N2O. The zero-order valence-corrected chi connectivity index (χ0v) is 16.2. The van der Waals surface area contributed by atoms with Crippen molar-refractivity contribution in [3.8, 4) is 5.75 Å². The molecule has 4 rings (SSSR count). The van der Waals surface area contributed by atoms with Gasteiger partial charge in [0.05, 0.1) is 11.6 Å². The smallest absolute Gasteiger partial charge is 0.416 e. The average Bonchev–Trinajstić information content (AvgIpc) is 3.06. The average molecular weight is 400 g/mol. The first-order valence-corrected chi connectivity index (χ1v) is 9.67. The molecular weight excluding hydrogens is 377 g/mol. The molecule has 0 fully saturated rings. The van der Waals surface area contributed by atoms with Crippen molar-refractivity contribution in [2.45, 2.75) is 38.7 Å². The summed E-state index contributed by atoms with van der Waals surface area (Å²) < 4.78 is 41.2. The Morgan fingerprint density at radius 3 is 2.52 bits per heavy atom. The van der Waals surface area contributed by atoms with E-state index in [1.165, 1.54) is 0 Å². The molecule has 29 heavy (non-hydrogen) atoms. The molecule has 0 saturated heterocycles. The Morgan fingerprint density at radius 2 is 1.79 bits per heavy atom. The summed E-state index contributed by atoms with van der Waals surface area (Å²) in [7, 11) is 0. The van der Waals surface area contributed by atoms with E-state index in [1.54, 1.807) is 18.2 Å². The summed E-state index contributed by atoms with van der Waals surface area (Å²) in [5, 5.41) is 10.3. The summed E-state index contributed by atoms with van der Waals surface area (Å²) in [6.07, 6.45) is -1.42. The molecule has 6 heteroatoms. The van der Waals surface area contributed by atoms with Crippen LogP contribution in [0, 0.1) is 6.92 Å². The number of hydrogen-bond acceptors (Lipinski definition) is 2. The van der Waals surface area contributed by atoms with E-state index in [-0.39, 0.29) is 11.8 Å². The van der Waals surface area contributed by atoms with Gasteiger partial charge in [-0.1, -0.05) is 29.8 Å². The van der Waals surface area contributed by atoms with Crippen LogP contribution in [-0.2, 0) is 19.3 Å². The third-order valence-electron chi connectivity index (χ3n) is 5.52. The van der Waals surface area contributed by atoms with Gasteiger partial charge in [0.25, 0.3) is 0 Å². The van der Waals surface area contributed by atoms with Gasteiger partial charge in [0.2, 0.25) is 0 Å². The van der Waals surface area contributed by atoms with Crippen LogP contribution in [0.4, 0.5) is 13.2 Å². The number of aryl methyl sites for hydroxylation is 2. The van der Waals surface area contributed by atoms with Gasteiger partial charge in [-0.2, -0.15) is 13.2 Å². The largest absolute Gasteiger partial charge is 0.508 e. The molecule has 2 aromatic carbocycles. The number of aromatic nitrogens is 1. The molecule has 1 aliphatic heterocycles. The van der Waals surface area contributed by atoms with E-state index >= 15 is 0 Å². The summed E-state index contributed by atoms with van der Waals surface area (Å²) in [5.74, 6) is 0.237. The third-order valence-corrected chi connectivity index (χ3v) is 5.52. The van der Waals surface area contributed by atoms with Gasteiger partial charge >= 0.3 is 6.18 Å². The lowest BCUT2D eigenvalue weighted by Crippen LogP contribution is -2.29. The second kappa shape index (κ2) is 7.59. The van der Waals surface area contributed by atoms with Gasteiger partial charge in [-0.15, -0.1) is 0 Å². The Kier molecular flexibility index (Phi) is 5.13. The normalized spacial score (nSPS) is 17.7. The Balaban J connectivity index is 1.74. The summed E-state index contributed by atoms with van der Waals surface area (Å²) in [5.41, 5.74) is 3.10. The molecule has 1 aliphatic rings. The molecule has 0 saturated carbocycles. The van der Waals surface area contributed by atoms with E-state index < -0.39 is 11.7 Å². The van der Waals surface area contributed by atoms with E-state index in [0.717, 1.165) is 54.0 Å². The fourth-order valence-corrected chi connectivity index (χ4v) is 4.11. The van der Waals surface area contributed by atoms with Gasteiger partial charge in [-0.05, 0) is 49.2 Å². The predicted molar refractivity (Wildman–Crippen MR) is 106 cm³/mol. The number of hydrogen-bond donors (Lipinski definition) is 1. The van der Waals surface area contributed by atoms with Crippen LogP contribution in [0.3, 0.4) is 0 Å². The quantitative estimate of drug-likeness (QED) is 0.627. The number of phenolic OH excluding ortho intramolecular Hbond substituents is 1. The molecule has 0 aliphatic carbocycles. The van der Waals surface area contributed by atoms with Crippen LogP contribution in [0.15, 0.2) is 60.8 Å². The zero-order valence-electron chi connectivity index (χ0n) is 16.2. The molecule has 0 spiro atoms. The number of fused-ring (bicyclic) bond motifs is 1. The van der Waals surface area contributed by atoms with Crippen LogP contribution in [0.5, 0.6) is 5.75 Å². The second-order valence-electron chi connectivity index (χ2n) is 7.60. The second-order valence-corrected chi connectivity index (χ2v) is 7.60. The highest BCUT2D eigenvalue weighted by Gasteiger charge is 2.32. The lowest BCUT2D eigenvalue weighted by molar-refractivity contribution is -0.137. The number of phenols is 1. The highest BCUT2D eigenvalue weighted by molar-refractivity contribution is 5.37. The minimum atomic E-state index is -4.35. The maximum atomic E-state index is 13.0. The standard InChI is InChI=1S/C23H23F3N2O/c1-16-5-10-21(29)18(14-16)15-28-13-3-12-27-11-2-4-20(27)22(28)17-6-8-19(9-7-17)23(24,25)26/h2,4-11,14,22,29H,3,12-13,15H2,1H3/t22-/m0/s1. The first-order chi connectivity index (χ1) is 13.8. The Hall–Kier alpha value is -2.73. The number of halogens is 3. The van der Waals surface area contributed by atoms with E-state index in [4.69, 9.17) is 0 Å². The molecule has 3 nitrogen and oxygen atoms in total. The minimum absolute atomic E-state index is 0.185. The first-order valence-electron chi connectivity index (χ1n) is 9.67. The van der Waals surface area contributed by atoms with Crippen molar-refractivity contribution in [3.05, 3.63) is 88.7 Å². The molecule has 0 radical (unpaired) electrons. The molecule has 0 amide bonds. The SMILES string of the molecule is Cc1ccc(O)c(CN2CCCn3cccc3[C@@H]2c2ccc(C(F)(F)F)cc2)c1. The van der Waals surface area contributed by atoms with Crippen LogP contribution in [0.25, 0.3) is 0 Å². The fraction of sp³-hybridized carbons (Fsp3) is 0.304. The van der Waals surface area contributed by atoms with Crippen molar-refractivity contribution in [1.29, 1.82) is 0 Å². The molecule has 152 valence electrons. The van der Waals surface area contributed by atoms with Gasteiger partial charge in [0.15, 0.2) is 0 Å². The van der Waals surface area contributed by atoms with Crippen LogP contribution in [0.1, 0.15) is 40.4 Å². The Bertz CT molecular complexity index is 992. The van der Waals surface area contributed by atoms with E-state index in [1.807, 2.05) is 37.4 Å². The summed E-state index contributed by atoms with van der Waals surface area (Å²) >= 11 is 0.